The lowest BCUT2D eigenvalue weighted by Crippen LogP contribution is -2.45. The first-order valence-electron chi connectivity index (χ1n) is 6.76. The van der Waals surface area contributed by atoms with Crippen molar-refractivity contribution in [3.63, 3.8) is 0 Å². The van der Waals surface area contributed by atoms with E-state index in [0.717, 1.165) is 44.6 Å². The maximum absolute atomic E-state index is 13.5. The Balaban J connectivity index is 0.00000200. The Morgan fingerprint density at radius 3 is 2.57 bits per heavy atom. The van der Waals surface area contributed by atoms with Crippen molar-refractivity contribution in [1.29, 1.82) is 0 Å². The first-order chi connectivity index (χ1) is 9.22. The molecule has 0 aliphatic carbocycles. The SMILES string of the molecule is C=CCC[C@@H](c1ccc(O)c(F)c1)N1CCNCC1.Cl.Cl. The van der Waals surface area contributed by atoms with Crippen LogP contribution in [0.25, 0.3) is 0 Å². The highest BCUT2D eigenvalue weighted by atomic mass is 35.5. The van der Waals surface area contributed by atoms with Gasteiger partial charge in [0.15, 0.2) is 11.6 Å². The lowest BCUT2D eigenvalue weighted by Gasteiger charge is -2.35. The molecular weight excluding hydrogens is 314 g/mol. The lowest BCUT2D eigenvalue weighted by atomic mass is 9.99. The van der Waals surface area contributed by atoms with Crippen LogP contribution in [0.2, 0.25) is 0 Å². The monoisotopic (exact) mass is 336 g/mol. The Morgan fingerprint density at radius 2 is 2.00 bits per heavy atom. The number of rotatable bonds is 5. The first-order valence-corrected chi connectivity index (χ1v) is 6.76. The Hall–Kier alpha value is -0.810. The fourth-order valence-corrected chi connectivity index (χ4v) is 2.56. The third-order valence-electron chi connectivity index (χ3n) is 3.59. The zero-order valence-electron chi connectivity index (χ0n) is 11.9. The minimum absolute atomic E-state index is 0. The minimum atomic E-state index is -0.545. The maximum atomic E-state index is 13.5. The van der Waals surface area contributed by atoms with Gasteiger partial charge < -0.3 is 10.4 Å². The second-order valence-electron chi connectivity index (χ2n) is 4.88. The van der Waals surface area contributed by atoms with Gasteiger partial charge in [-0.15, -0.1) is 31.4 Å². The number of hydrogen-bond acceptors (Lipinski definition) is 3. The summed E-state index contributed by atoms with van der Waals surface area (Å²) in [7, 11) is 0. The second kappa shape index (κ2) is 10.0. The Labute approximate surface area is 138 Å². The van der Waals surface area contributed by atoms with E-state index in [9.17, 15) is 9.50 Å². The van der Waals surface area contributed by atoms with Crippen LogP contribution in [0.3, 0.4) is 0 Å². The average molecular weight is 337 g/mol. The number of phenolic OH excluding ortho intramolecular Hbond substituents is 1. The molecule has 0 bridgehead atoms. The molecule has 3 nitrogen and oxygen atoms in total. The molecule has 0 aromatic heterocycles. The highest BCUT2D eigenvalue weighted by Gasteiger charge is 2.22. The molecule has 2 N–H and O–H groups in total. The van der Waals surface area contributed by atoms with E-state index in [4.69, 9.17) is 0 Å². The molecule has 21 heavy (non-hydrogen) atoms. The first kappa shape index (κ1) is 20.2. The zero-order valence-corrected chi connectivity index (χ0v) is 13.6. The van der Waals surface area contributed by atoms with E-state index in [1.54, 1.807) is 0 Å². The van der Waals surface area contributed by atoms with E-state index < -0.39 is 5.82 Å². The van der Waals surface area contributed by atoms with E-state index in [-0.39, 0.29) is 36.6 Å². The number of benzene rings is 1. The Kier molecular flexibility index (Phi) is 9.62. The zero-order chi connectivity index (χ0) is 13.7. The highest BCUT2D eigenvalue weighted by molar-refractivity contribution is 5.85. The van der Waals surface area contributed by atoms with Gasteiger partial charge in [0.05, 0.1) is 0 Å². The van der Waals surface area contributed by atoms with Crippen molar-refractivity contribution in [2.45, 2.75) is 18.9 Å². The largest absolute Gasteiger partial charge is 0.505 e. The number of phenols is 1. The predicted molar refractivity (Wildman–Crippen MR) is 89.2 cm³/mol. The van der Waals surface area contributed by atoms with Crippen LogP contribution in [0.15, 0.2) is 30.9 Å². The molecule has 1 aliphatic heterocycles. The number of aromatic hydroxyl groups is 1. The molecule has 1 aromatic carbocycles. The molecule has 0 radical (unpaired) electrons. The summed E-state index contributed by atoms with van der Waals surface area (Å²) in [5, 5.41) is 12.6. The molecule has 1 aliphatic rings. The number of nitrogens with one attached hydrogen (secondary N) is 1. The maximum Gasteiger partial charge on any atom is 0.165 e. The van der Waals surface area contributed by atoms with Crippen LogP contribution in [0.5, 0.6) is 5.75 Å². The van der Waals surface area contributed by atoms with Gasteiger partial charge in [-0.25, -0.2) is 4.39 Å². The number of halogens is 3. The van der Waals surface area contributed by atoms with E-state index in [2.05, 4.69) is 16.8 Å². The van der Waals surface area contributed by atoms with Gasteiger partial charge in [-0.1, -0.05) is 12.1 Å². The van der Waals surface area contributed by atoms with Crippen LogP contribution in [0.1, 0.15) is 24.4 Å². The van der Waals surface area contributed by atoms with Crippen molar-refractivity contribution in [2.24, 2.45) is 0 Å². The molecule has 1 atom stereocenters. The van der Waals surface area contributed by atoms with Gasteiger partial charge in [-0.2, -0.15) is 0 Å². The van der Waals surface area contributed by atoms with Gasteiger partial charge in [0.2, 0.25) is 0 Å². The summed E-state index contributed by atoms with van der Waals surface area (Å²) < 4.78 is 13.5. The molecule has 1 heterocycles. The summed E-state index contributed by atoms with van der Waals surface area (Å²) in [6.07, 6.45) is 3.72. The summed E-state index contributed by atoms with van der Waals surface area (Å²) in [5.74, 6) is -0.831. The van der Waals surface area contributed by atoms with E-state index in [1.807, 2.05) is 12.1 Å². The van der Waals surface area contributed by atoms with Gasteiger partial charge in [0, 0.05) is 32.2 Å². The third-order valence-corrected chi connectivity index (χ3v) is 3.59. The smallest absolute Gasteiger partial charge is 0.165 e. The van der Waals surface area contributed by atoms with E-state index in [0.29, 0.717) is 0 Å². The van der Waals surface area contributed by atoms with Crippen molar-refractivity contribution in [1.82, 2.24) is 10.2 Å². The molecule has 1 aromatic rings. The topological polar surface area (TPSA) is 35.5 Å². The molecule has 1 fully saturated rings. The summed E-state index contributed by atoms with van der Waals surface area (Å²) in [6.45, 7) is 7.61. The molecule has 2 rings (SSSR count). The van der Waals surface area contributed by atoms with Crippen LogP contribution >= 0.6 is 24.8 Å². The molecule has 0 amide bonds. The van der Waals surface area contributed by atoms with E-state index in [1.165, 1.54) is 12.1 Å². The standard InChI is InChI=1S/C15H21FN2O.2ClH/c1-2-3-4-14(18-9-7-17-8-10-18)12-5-6-15(19)13(16)11-12;;/h2,5-6,11,14,17,19H,1,3-4,7-10H2;2*1H/t14-;;/m0../s1. The molecule has 120 valence electrons. The van der Waals surface area contributed by atoms with Crippen molar-refractivity contribution in [2.75, 3.05) is 26.2 Å². The van der Waals surface area contributed by atoms with Gasteiger partial charge in [-0.3, -0.25) is 4.90 Å². The Bertz CT molecular complexity index is 440. The number of hydrogen-bond donors (Lipinski definition) is 2. The fourth-order valence-electron chi connectivity index (χ4n) is 2.56. The summed E-state index contributed by atoms with van der Waals surface area (Å²) in [4.78, 5) is 2.37. The lowest BCUT2D eigenvalue weighted by molar-refractivity contribution is 0.166. The quantitative estimate of drug-likeness (QED) is 0.810. The second-order valence-corrected chi connectivity index (χ2v) is 4.88. The van der Waals surface area contributed by atoms with Crippen molar-refractivity contribution in [3.05, 3.63) is 42.2 Å². The number of piperazine rings is 1. The highest BCUT2D eigenvalue weighted by Crippen LogP contribution is 2.29. The number of allylic oxidation sites excluding steroid dienone is 1. The molecule has 0 unspecified atom stereocenters. The van der Waals surface area contributed by atoms with Crippen LogP contribution in [0.4, 0.5) is 4.39 Å². The van der Waals surface area contributed by atoms with Crippen LogP contribution in [-0.4, -0.2) is 36.2 Å². The molecule has 1 saturated heterocycles. The third kappa shape index (κ3) is 5.47. The van der Waals surface area contributed by atoms with Gasteiger partial charge in [-0.05, 0) is 30.5 Å². The summed E-state index contributed by atoms with van der Waals surface area (Å²) in [5.41, 5.74) is 0.930. The van der Waals surface area contributed by atoms with Crippen LogP contribution in [0, 0.1) is 5.82 Å². The van der Waals surface area contributed by atoms with Crippen LogP contribution < -0.4 is 5.32 Å². The Morgan fingerprint density at radius 1 is 1.33 bits per heavy atom. The van der Waals surface area contributed by atoms with Crippen LogP contribution in [-0.2, 0) is 0 Å². The normalized spacial score (nSPS) is 16.4. The molecular formula is C15H23Cl2FN2O. The number of nitrogens with zero attached hydrogens (tertiary/aromatic N) is 1. The average Bonchev–Trinajstić information content (AvgIpc) is 2.44. The predicted octanol–water partition coefficient (Wildman–Crippen LogP) is 3.29. The van der Waals surface area contributed by atoms with Crippen molar-refractivity contribution >= 4 is 24.8 Å². The summed E-state index contributed by atoms with van der Waals surface area (Å²) in [6, 6.07) is 4.89. The molecule has 0 spiro atoms. The van der Waals surface area contributed by atoms with Gasteiger partial charge in [0.25, 0.3) is 0 Å². The minimum Gasteiger partial charge on any atom is -0.505 e. The van der Waals surface area contributed by atoms with Gasteiger partial charge >= 0.3 is 0 Å². The fraction of sp³-hybridized carbons (Fsp3) is 0.467. The molecule has 0 saturated carbocycles. The van der Waals surface area contributed by atoms with E-state index >= 15 is 0 Å². The van der Waals surface area contributed by atoms with Gasteiger partial charge in [0.1, 0.15) is 0 Å². The van der Waals surface area contributed by atoms with Crippen molar-refractivity contribution in [3.8, 4) is 5.75 Å². The van der Waals surface area contributed by atoms with Crippen molar-refractivity contribution < 1.29 is 9.50 Å². The molecule has 6 heteroatoms. The summed E-state index contributed by atoms with van der Waals surface area (Å²) >= 11 is 0.